The lowest BCUT2D eigenvalue weighted by atomic mass is 10.1. The fraction of sp³-hybridized carbons (Fsp3) is 0.500. The van der Waals surface area contributed by atoms with Gasteiger partial charge in [-0.2, -0.15) is 11.3 Å². The number of imidazole rings is 1. The largest absolute Gasteiger partial charge is 0.381 e. The van der Waals surface area contributed by atoms with E-state index in [0.29, 0.717) is 32.1 Å². The van der Waals surface area contributed by atoms with Crippen molar-refractivity contribution in [3.8, 4) is 0 Å². The Morgan fingerprint density at radius 1 is 1.50 bits per heavy atom. The molecule has 0 bridgehead atoms. The summed E-state index contributed by atoms with van der Waals surface area (Å²) in [5.41, 5.74) is 1.09. The van der Waals surface area contributed by atoms with Crippen molar-refractivity contribution in [1.29, 1.82) is 0 Å². The van der Waals surface area contributed by atoms with Gasteiger partial charge in [0.1, 0.15) is 5.82 Å². The van der Waals surface area contributed by atoms with Crippen LogP contribution in [0.1, 0.15) is 18.3 Å². The molecule has 2 aromatic heterocycles. The first-order valence-electron chi connectivity index (χ1n) is 7.63. The molecular weight excluding hydrogens is 298 g/mol. The average molecular weight is 319 g/mol. The molecule has 1 atom stereocenters. The van der Waals surface area contributed by atoms with Crippen molar-refractivity contribution in [2.24, 2.45) is 5.92 Å². The second-order valence-corrected chi connectivity index (χ2v) is 6.38. The van der Waals surface area contributed by atoms with Gasteiger partial charge in [-0.25, -0.2) is 4.98 Å². The van der Waals surface area contributed by atoms with Crippen molar-refractivity contribution in [2.45, 2.75) is 26.4 Å². The van der Waals surface area contributed by atoms with Gasteiger partial charge in [-0.3, -0.25) is 4.79 Å². The number of rotatable bonds is 5. The van der Waals surface area contributed by atoms with E-state index in [4.69, 9.17) is 4.74 Å². The van der Waals surface area contributed by atoms with Gasteiger partial charge in [0.05, 0.1) is 19.6 Å². The van der Waals surface area contributed by atoms with Gasteiger partial charge in [0.15, 0.2) is 0 Å². The van der Waals surface area contributed by atoms with Crippen LogP contribution in [0.3, 0.4) is 0 Å². The number of fused-ring (bicyclic) bond motifs is 1. The Labute approximate surface area is 134 Å². The molecule has 0 saturated heterocycles. The summed E-state index contributed by atoms with van der Waals surface area (Å²) < 4.78 is 7.72. The van der Waals surface area contributed by atoms with Crippen LogP contribution in [-0.4, -0.2) is 40.1 Å². The molecule has 0 aromatic carbocycles. The van der Waals surface area contributed by atoms with Gasteiger partial charge in [0, 0.05) is 38.0 Å². The molecule has 118 valence electrons. The smallest absolute Gasteiger partial charge is 0.227 e. The second-order valence-electron chi connectivity index (χ2n) is 5.60. The van der Waals surface area contributed by atoms with Gasteiger partial charge in [0.25, 0.3) is 0 Å². The molecule has 0 saturated carbocycles. The van der Waals surface area contributed by atoms with Gasteiger partial charge >= 0.3 is 0 Å². The number of thiophene rings is 1. The summed E-state index contributed by atoms with van der Waals surface area (Å²) in [6.45, 7) is 5.55. The van der Waals surface area contributed by atoms with Crippen LogP contribution >= 0.6 is 11.3 Å². The minimum absolute atomic E-state index is 0.163. The Hall–Kier alpha value is -1.66. The van der Waals surface area contributed by atoms with E-state index in [1.54, 1.807) is 17.5 Å². The van der Waals surface area contributed by atoms with Crippen LogP contribution in [0.4, 0.5) is 0 Å². The Kier molecular flexibility index (Phi) is 4.90. The Morgan fingerprint density at radius 3 is 3.18 bits per heavy atom. The molecule has 0 fully saturated rings. The minimum atomic E-state index is 0.163. The summed E-state index contributed by atoms with van der Waals surface area (Å²) in [7, 11) is 0. The third-order valence-corrected chi connectivity index (χ3v) is 4.65. The first-order chi connectivity index (χ1) is 10.8. The lowest BCUT2D eigenvalue weighted by Gasteiger charge is -2.24. The standard InChI is InChI=1S/C16H21N3O2S/c1-2-21-11-14-8-18-5-4-17-15(18)10-19(9-14)16(20)7-13-3-6-22-12-13/h3-6,12,14H,2,7-11H2,1H3/t14-/m1/s1. The van der Waals surface area contributed by atoms with Gasteiger partial charge in [-0.05, 0) is 29.3 Å². The average Bonchev–Trinajstić information content (AvgIpc) is 3.13. The van der Waals surface area contributed by atoms with E-state index >= 15 is 0 Å². The summed E-state index contributed by atoms with van der Waals surface area (Å²) in [6.07, 6.45) is 4.26. The number of nitrogens with zero attached hydrogens (tertiary/aromatic N) is 3. The highest BCUT2D eigenvalue weighted by Crippen LogP contribution is 2.18. The minimum Gasteiger partial charge on any atom is -0.381 e. The number of amides is 1. The lowest BCUT2D eigenvalue weighted by Crippen LogP contribution is -2.36. The maximum Gasteiger partial charge on any atom is 0.227 e. The second kappa shape index (κ2) is 7.07. The van der Waals surface area contributed by atoms with Gasteiger partial charge in [0.2, 0.25) is 5.91 Å². The normalized spacial score (nSPS) is 18.0. The lowest BCUT2D eigenvalue weighted by molar-refractivity contribution is -0.131. The van der Waals surface area contributed by atoms with E-state index in [2.05, 4.69) is 9.55 Å². The molecule has 0 radical (unpaired) electrons. The first-order valence-corrected chi connectivity index (χ1v) is 8.57. The van der Waals surface area contributed by atoms with Crippen LogP contribution in [0, 0.1) is 5.92 Å². The van der Waals surface area contributed by atoms with Crippen LogP contribution in [-0.2, 0) is 29.0 Å². The van der Waals surface area contributed by atoms with Gasteiger partial charge in [-0.15, -0.1) is 0 Å². The summed E-state index contributed by atoms with van der Waals surface area (Å²) in [6, 6.07) is 2.01. The topological polar surface area (TPSA) is 47.4 Å². The summed E-state index contributed by atoms with van der Waals surface area (Å²) >= 11 is 1.63. The summed E-state index contributed by atoms with van der Waals surface area (Å²) in [5, 5.41) is 4.05. The highest BCUT2D eigenvalue weighted by molar-refractivity contribution is 7.07. The van der Waals surface area contributed by atoms with Crippen molar-refractivity contribution in [2.75, 3.05) is 19.8 Å². The summed E-state index contributed by atoms with van der Waals surface area (Å²) in [4.78, 5) is 18.9. The zero-order chi connectivity index (χ0) is 15.4. The summed E-state index contributed by atoms with van der Waals surface area (Å²) in [5.74, 6) is 1.43. The molecule has 22 heavy (non-hydrogen) atoms. The van der Waals surface area contributed by atoms with Crippen molar-refractivity contribution in [3.05, 3.63) is 40.6 Å². The van der Waals surface area contributed by atoms with E-state index < -0.39 is 0 Å². The van der Waals surface area contributed by atoms with E-state index in [1.807, 2.05) is 34.8 Å². The molecule has 1 amide bonds. The molecular formula is C16H21N3O2S. The maximum absolute atomic E-state index is 12.6. The van der Waals surface area contributed by atoms with Crippen LogP contribution in [0.25, 0.3) is 0 Å². The Morgan fingerprint density at radius 2 is 2.41 bits per heavy atom. The van der Waals surface area contributed by atoms with E-state index in [0.717, 1.165) is 24.5 Å². The third-order valence-electron chi connectivity index (χ3n) is 3.91. The first kappa shape index (κ1) is 15.2. The van der Waals surface area contributed by atoms with E-state index in [-0.39, 0.29) is 5.91 Å². The molecule has 3 rings (SSSR count). The third kappa shape index (κ3) is 3.56. The molecule has 1 aliphatic heterocycles. The van der Waals surface area contributed by atoms with Crippen LogP contribution in [0.2, 0.25) is 0 Å². The van der Waals surface area contributed by atoms with Crippen LogP contribution in [0.5, 0.6) is 0 Å². The van der Waals surface area contributed by atoms with Crippen LogP contribution in [0.15, 0.2) is 29.2 Å². The van der Waals surface area contributed by atoms with Gasteiger partial charge < -0.3 is 14.2 Å². The Bertz CT molecular complexity index is 609. The fourth-order valence-electron chi connectivity index (χ4n) is 2.80. The molecule has 3 heterocycles. The Balaban J connectivity index is 1.73. The predicted molar refractivity (Wildman–Crippen MR) is 85.7 cm³/mol. The van der Waals surface area contributed by atoms with Gasteiger partial charge in [-0.1, -0.05) is 0 Å². The molecule has 0 N–H and O–H groups in total. The number of carbonyl (C=O) groups is 1. The number of carbonyl (C=O) groups excluding carboxylic acids is 1. The highest BCUT2D eigenvalue weighted by Gasteiger charge is 2.25. The van der Waals surface area contributed by atoms with Crippen molar-refractivity contribution >= 4 is 17.2 Å². The molecule has 2 aromatic rings. The van der Waals surface area contributed by atoms with E-state index in [1.165, 1.54) is 0 Å². The molecule has 0 aliphatic carbocycles. The zero-order valence-corrected chi connectivity index (χ0v) is 13.6. The fourth-order valence-corrected chi connectivity index (χ4v) is 3.47. The van der Waals surface area contributed by atoms with Crippen molar-refractivity contribution in [1.82, 2.24) is 14.5 Å². The number of hydrogen-bond acceptors (Lipinski definition) is 4. The predicted octanol–water partition coefficient (Wildman–Crippen LogP) is 2.18. The SMILES string of the molecule is CCOC[C@H]1CN(C(=O)Cc2ccsc2)Cc2nccn2C1. The number of hydrogen-bond donors (Lipinski definition) is 0. The highest BCUT2D eigenvalue weighted by atomic mass is 32.1. The quantitative estimate of drug-likeness (QED) is 0.849. The van der Waals surface area contributed by atoms with Crippen molar-refractivity contribution in [3.63, 3.8) is 0 Å². The van der Waals surface area contributed by atoms with E-state index in [9.17, 15) is 4.79 Å². The number of ether oxygens (including phenoxy) is 1. The molecule has 1 aliphatic rings. The zero-order valence-electron chi connectivity index (χ0n) is 12.8. The molecule has 6 heteroatoms. The molecule has 5 nitrogen and oxygen atoms in total. The molecule has 0 unspecified atom stereocenters. The number of aromatic nitrogens is 2. The van der Waals surface area contributed by atoms with Crippen LogP contribution < -0.4 is 0 Å². The van der Waals surface area contributed by atoms with Crippen molar-refractivity contribution < 1.29 is 9.53 Å². The monoisotopic (exact) mass is 319 g/mol. The maximum atomic E-state index is 12.6. The molecule has 0 spiro atoms.